The van der Waals surface area contributed by atoms with Crippen LogP contribution in [0.15, 0.2) is 66.9 Å². The Kier molecular flexibility index (Phi) is 6.98. The van der Waals surface area contributed by atoms with Gasteiger partial charge in [0.25, 0.3) is 5.91 Å². The number of carbonyl (C=O) groups excluding carboxylic acids is 1. The smallest absolute Gasteiger partial charge is 0.303 e. The highest BCUT2D eigenvalue weighted by molar-refractivity contribution is 5.97. The SMILES string of the molecule is O=C(O)CCCCc1nc2cc(C(=O)N[C@@H]3CCCc4cccnc43)ccc2nc1-c1ccccc1. The van der Waals surface area contributed by atoms with Crippen molar-refractivity contribution in [3.63, 3.8) is 0 Å². The highest BCUT2D eigenvalue weighted by Gasteiger charge is 2.23. The fraction of sp³-hybridized carbons (Fsp3) is 0.276. The van der Waals surface area contributed by atoms with Crippen molar-refractivity contribution in [3.8, 4) is 11.3 Å². The molecule has 5 rings (SSSR count). The van der Waals surface area contributed by atoms with Crippen molar-refractivity contribution in [3.05, 3.63) is 89.4 Å². The van der Waals surface area contributed by atoms with E-state index in [0.717, 1.165) is 41.9 Å². The monoisotopic (exact) mass is 480 g/mol. The second-order valence-electron chi connectivity index (χ2n) is 9.16. The van der Waals surface area contributed by atoms with E-state index in [1.54, 1.807) is 18.3 Å². The van der Waals surface area contributed by atoms with Crippen LogP contribution >= 0.6 is 0 Å². The van der Waals surface area contributed by atoms with E-state index in [0.29, 0.717) is 35.9 Å². The Bertz CT molecular complexity index is 1400. The molecule has 2 heterocycles. The van der Waals surface area contributed by atoms with Crippen LogP contribution < -0.4 is 5.32 Å². The first-order valence-corrected chi connectivity index (χ1v) is 12.4. The number of rotatable bonds is 8. The molecule has 0 saturated heterocycles. The highest BCUT2D eigenvalue weighted by atomic mass is 16.4. The van der Waals surface area contributed by atoms with E-state index < -0.39 is 5.97 Å². The molecule has 7 heteroatoms. The fourth-order valence-electron chi connectivity index (χ4n) is 4.79. The van der Waals surface area contributed by atoms with Crippen molar-refractivity contribution in [2.75, 3.05) is 0 Å². The summed E-state index contributed by atoms with van der Waals surface area (Å²) in [5.74, 6) is -0.952. The van der Waals surface area contributed by atoms with E-state index in [2.05, 4.69) is 16.4 Å². The van der Waals surface area contributed by atoms with E-state index in [1.807, 2.05) is 42.5 Å². The maximum atomic E-state index is 13.2. The number of hydrogen-bond donors (Lipinski definition) is 2. The van der Waals surface area contributed by atoms with Crippen LogP contribution in [0.4, 0.5) is 0 Å². The molecule has 0 aliphatic heterocycles. The lowest BCUT2D eigenvalue weighted by molar-refractivity contribution is -0.137. The summed E-state index contributed by atoms with van der Waals surface area (Å²) in [7, 11) is 0. The van der Waals surface area contributed by atoms with Gasteiger partial charge in [-0.05, 0) is 68.4 Å². The minimum absolute atomic E-state index is 0.102. The summed E-state index contributed by atoms with van der Waals surface area (Å²) in [6, 6.07) is 19.2. The molecule has 1 amide bonds. The number of aryl methyl sites for hydroxylation is 2. The molecule has 1 aliphatic carbocycles. The van der Waals surface area contributed by atoms with Gasteiger partial charge in [-0.1, -0.05) is 36.4 Å². The van der Waals surface area contributed by atoms with E-state index in [1.165, 1.54) is 5.56 Å². The molecule has 0 unspecified atom stereocenters. The van der Waals surface area contributed by atoms with E-state index in [-0.39, 0.29) is 18.4 Å². The maximum absolute atomic E-state index is 13.2. The molecule has 7 nitrogen and oxygen atoms in total. The minimum Gasteiger partial charge on any atom is -0.481 e. The molecular formula is C29H28N4O3. The summed E-state index contributed by atoms with van der Waals surface area (Å²) < 4.78 is 0. The van der Waals surface area contributed by atoms with Gasteiger partial charge in [-0.15, -0.1) is 0 Å². The predicted octanol–water partition coefficient (Wildman–Crippen LogP) is 5.30. The molecule has 1 aliphatic rings. The van der Waals surface area contributed by atoms with Crippen LogP contribution in [0, 0.1) is 0 Å². The Balaban J connectivity index is 1.42. The molecule has 2 aromatic heterocycles. The largest absolute Gasteiger partial charge is 0.481 e. The molecule has 2 aromatic carbocycles. The van der Waals surface area contributed by atoms with E-state index >= 15 is 0 Å². The van der Waals surface area contributed by atoms with Crippen LogP contribution in [0.3, 0.4) is 0 Å². The van der Waals surface area contributed by atoms with E-state index in [9.17, 15) is 9.59 Å². The van der Waals surface area contributed by atoms with Gasteiger partial charge in [0.15, 0.2) is 0 Å². The quantitative estimate of drug-likeness (QED) is 0.332. The number of fused-ring (bicyclic) bond motifs is 2. The van der Waals surface area contributed by atoms with Crippen molar-refractivity contribution < 1.29 is 14.7 Å². The Morgan fingerprint density at radius 3 is 2.67 bits per heavy atom. The van der Waals surface area contributed by atoms with Gasteiger partial charge >= 0.3 is 5.97 Å². The van der Waals surface area contributed by atoms with Crippen LogP contribution in [0.2, 0.25) is 0 Å². The summed E-state index contributed by atoms with van der Waals surface area (Å²) >= 11 is 0. The molecule has 0 radical (unpaired) electrons. The van der Waals surface area contributed by atoms with Gasteiger partial charge in [-0.3, -0.25) is 14.6 Å². The molecule has 0 saturated carbocycles. The van der Waals surface area contributed by atoms with Crippen LogP contribution in [0.5, 0.6) is 0 Å². The van der Waals surface area contributed by atoms with Crippen molar-refractivity contribution in [1.82, 2.24) is 20.3 Å². The molecule has 2 N–H and O–H groups in total. The highest BCUT2D eigenvalue weighted by Crippen LogP contribution is 2.29. The first-order chi connectivity index (χ1) is 17.6. The van der Waals surface area contributed by atoms with Gasteiger partial charge in [0.2, 0.25) is 0 Å². The third-order valence-corrected chi connectivity index (χ3v) is 6.60. The standard InChI is InChI=1S/C29H28N4O3/c34-26(35)14-5-4-12-24-28(20-8-2-1-3-9-20)32-22-16-15-21(18-25(22)31-24)29(36)33-23-13-6-10-19-11-7-17-30-27(19)23/h1-3,7-9,11,15-18,23H,4-6,10,12-14H2,(H,33,36)(H,34,35)/t23-/m1/s1. The van der Waals surface area contributed by atoms with Gasteiger partial charge in [-0.25, -0.2) is 9.97 Å². The number of unbranched alkanes of at least 4 members (excludes halogenated alkanes) is 1. The summed E-state index contributed by atoms with van der Waals surface area (Å²) in [6.45, 7) is 0. The molecular weight excluding hydrogens is 452 g/mol. The Labute approximate surface area is 209 Å². The number of amides is 1. The van der Waals surface area contributed by atoms with Crippen LogP contribution in [-0.2, 0) is 17.6 Å². The number of aliphatic carboxylic acids is 1. The Morgan fingerprint density at radius 2 is 1.83 bits per heavy atom. The normalized spacial score (nSPS) is 14.8. The topological polar surface area (TPSA) is 105 Å². The van der Waals surface area contributed by atoms with Crippen molar-refractivity contribution in [2.45, 2.75) is 51.0 Å². The molecule has 0 fully saturated rings. The average Bonchev–Trinajstić information content (AvgIpc) is 2.91. The number of carbonyl (C=O) groups is 2. The molecule has 1 atom stereocenters. The average molecular weight is 481 g/mol. The molecule has 0 bridgehead atoms. The van der Waals surface area contributed by atoms with Crippen LogP contribution in [0.25, 0.3) is 22.3 Å². The molecule has 0 spiro atoms. The zero-order chi connectivity index (χ0) is 24.9. The zero-order valence-corrected chi connectivity index (χ0v) is 20.0. The summed E-state index contributed by atoms with van der Waals surface area (Å²) in [5.41, 5.74) is 6.60. The number of hydrogen-bond acceptors (Lipinski definition) is 5. The first-order valence-electron chi connectivity index (χ1n) is 12.4. The lowest BCUT2D eigenvalue weighted by Gasteiger charge is -2.25. The Morgan fingerprint density at radius 1 is 0.972 bits per heavy atom. The summed E-state index contributed by atoms with van der Waals surface area (Å²) in [6.07, 6.45) is 6.65. The van der Waals surface area contributed by atoms with Gasteiger partial charge < -0.3 is 10.4 Å². The Hall–Kier alpha value is -4.13. The third kappa shape index (κ3) is 5.25. The predicted molar refractivity (Wildman–Crippen MR) is 138 cm³/mol. The third-order valence-electron chi connectivity index (χ3n) is 6.60. The maximum Gasteiger partial charge on any atom is 0.303 e. The fourth-order valence-corrected chi connectivity index (χ4v) is 4.79. The zero-order valence-electron chi connectivity index (χ0n) is 20.0. The van der Waals surface area contributed by atoms with Crippen molar-refractivity contribution >= 4 is 22.9 Å². The minimum atomic E-state index is -0.797. The van der Waals surface area contributed by atoms with Gasteiger partial charge in [0.05, 0.1) is 34.2 Å². The molecule has 4 aromatic rings. The lowest BCUT2D eigenvalue weighted by Crippen LogP contribution is -2.31. The second kappa shape index (κ2) is 10.6. The molecule has 36 heavy (non-hydrogen) atoms. The number of pyridine rings is 1. The summed E-state index contributed by atoms with van der Waals surface area (Å²) in [4.78, 5) is 38.4. The first kappa shape index (κ1) is 23.6. The second-order valence-corrected chi connectivity index (χ2v) is 9.16. The van der Waals surface area contributed by atoms with Gasteiger partial charge in [0.1, 0.15) is 0 Å². The number of nitrogens with zero attached hydrogens (tertiary/aromatic N) is 3. The molecule has 182 valence electrons. The number of carboxylic acid groups (broad SMARTS) is 1. The van der Waals surface area contributed by atoms with Gasteiger partial charge in [0, 0.05) is 23.7 Å². The van der Waals surface area contributed by atoms with E-state index in [4.69, 9.17) is 15.1 Å². The number of nitrogens with one attached hydrogen (secondary N) is 1. The lowest BCUT2D eigenvalue weighted by atomic mass is 9.91. The van der Waals surface area contributed by atoms with Crippen molar-refractivity contribution in [2.24, 2.45) is 0 Å². The summed E-state index contributed by atoms with van der Waals surface area (Å²) in [5, 5.41) is 12.1. The number of benzene rings is 2. The number of carboxylic acids is 1. The van der Waals surface area contributed by atoms with Crippen LogP contribution in [0.1, 0.15) is 65.5 Å². The van der Waals surface area contributed by atoms with Gasteiger partial charge in [-0.2, -0.15) is 0 Å². The number of aromatic nitrogens is 3. The van der Waals surface area contributed by atoms with Crippen molar-refractivity contribution in [1.29, 1.82) is 0 Å². The van der Waals surface area contributed by atoms with Crippen LogP contribution in [-0.4, -0.2) is 31.9 Å².